The van der Waals surface area contributed by atoms with E-state index in [9.17, 15) is 13.2 Å². The fourth-order valence-electron chi connectivity index (χ4n) is 8.98. The summed E-state index contributed by atoms with van der Waals surface area (Å²) in [7, 11) is -2.41. The van der Waals surface area contributed by atoms with Crippen LogP contribution in [0.4, 0.5) is 0 Å². The molecule has 3 saturated heterocycles. The molecule has 3 atom stereocenters. The second-order valence-electron chi connectivity index (χ2n) is 14.6. The van der Waals surface area contributed by atoms with Crippen LogP contribution in [0, 0.1) is 6.92 Å². The third-order valence-electron chi connectivity index (χ3n) is 11.3. The number of sulfonamides is 1. The number of aromatic nitrogens is 2. The standard InChI is InChI=1S/C39H49N5O4S/c1-27(2)41-49(46,47)37-24-29(14-17-36(37)48-4)38(45)42-21-18-39(19-22-42,30-10-6-5-7-11-30)20-23-43-31-15-16-32(43)26-33(25-31)44-28(3)40-34-12-8-9-13-35(34)44/h5-14,17,24,27,31-33,41H,15-16,18-23,25-26H2,1-4H3/t31-,32+,33+. The zero-order valence-electron chi connectivity index (χ0n) is 29.1. The van der Waals surface area contributed by atoms with E-state index < -0.39 is 10.0 Å². The van der Waals surface area contributed by atoms with Crippen molar-refractivity contribution in [3.05, 3.63) is 89.7 Å². The van der Waals surface area contributed by atoms with Crippen LogP contribution in [0.15, 0.2) is 77.7 Å². The molecule has 0 unspecified atom stereocenters. The third kappa shape index (κ3) is 6.51. The van der Waals surface area contributed by atoms with Crippen molar-refractivity contribution in [3.63, 3.8) is 0 Å². The minimum absolute atomic E-state index is 0.0139. The number of hydrogen-bond donors (Lipinski definition) is 1. The van der Waals surface area contributed by atoms with Gasteiger partial charge in [0, 0.05) is 42.8 Å². The number of amides is 1. The Labute approximate surface area is 290 Å². The first-order valence-electron chi connectivity index (χ1n) is 17.8. The number of aryl methyl sites for hydroxylation is 1. The van der Waals surface area contributed by atoms with Crippen molar-refractivity contribution < 1.29 is 17.9 Å². The van der Waals surface area contributed by atoms with Gasteiger partial charge in [0.1, 0.15) is 16.5 Å². The second-order valence-corrected chi connectivity index (χ2v) is 16.3. The van der Waals surface area contributed by atoms with Crippen LogP contribution in [0.5, 0.6) is 5.75 Å². The first-order chi connectivity index (χ1) is 23.6. The van der Waals surface area contributed by atoms with Crippen LogP contribution in [0.3, 0.4) is 0 Å². The largest absolute Gasteiger partial charge is 0.495 e. The summed E-state index contributed by atoms with van der Waals surface area (Å²) in [4.78, 5) is 23.4. The van der Waals surface area contributed by atoms with Crippen LogP contribution in [-0.4, -0.2) is 78.5 Å². The van der Waals surface area contributed by atoms with Crippen molar-refractivity contribution in [3.8, 4) is 5.75 Å². The van der Waals surface area contributed by atoms with Crippen molar-refractivity contribution in [1.29, 1.82) is 0 Å². The Morgan fingerprint density at radius 1 is 0.959 bits per heavy atom. The number of benzene rings is 3. The number of likely N-dealkylation sites (tertiary alicyclic amines) is 1. The Hall–Kier alpha value is -3.73. The Morgan fingerprint density at radius 2 is 1.63 bits per heavy atom. The lowest BCUT2D eigenvalue weighted by atomic mass is 9.70. The monoisotopic (exact) mass is 683 g/mol. The number of nitrogens with zero attached hydrogens (tertiary/aromatic N) is 4. The number of para-hydroxylation sites is 2. The first-order valence-corrected chi connectivity index (χ1v) is 19.3. The summed E-state index contributed by atoms with van der Waals surface area (Å²) in [5.41, 5.74) is 4.02. The molecule has 4 heterocycles. The van der Waals surface area contributed by atoms with Gasteiger partial charge in [0.15, 0.2) is 0 Å². The number of methoxy groups -OCH3 is 1. The summed E-state index contributed by atoms with van der Waals surface area (Å²) in [6.07, 6.45) is 7.60. The molecule has 0 radical (unpaired) electrons. The number of nitrogens with one attached hydrogen (secondary N) is 1. The molecule has 1 N–H and O–H groups in total. The number of rotatable bonds is 10. The van der Waals surface area contributed by atoms with Crippen molar-refractivity contribution in [2.45, 2.75) is 100 Å². The molecule has 10 heteroatoms. The molecule has 3 aliphatic rings. The third-order valence-corrected chi connectivity index (χ3v) is 13.0. The second kappa shape index (κ2) is 13.5. The van der Waals surface area contributed by atoms with Gasteiger partial charge in [0.25, 0.3) is 5.91 Å². The summed E-state index contributed by atoms with van der Waals surface area (Å²) < 4.78 is 36.7. The fourth-order valence-corrected chi connectivity index (χ4v) is 10.4. The molecule has 3 fully saturated rings. The SMILES string of the molecule is COc1ccc(C(=O)N2CCC(CCN3[C@@H]4CC[C@H]3C[C@@H](n3c(C)nc5ccccc53)C4)(c3ccccc3)CC2)cc1S(=O)(=O)NC(C)C. The highest BCUT2D eigenvalue weighted by Gasteiger charge is 2.44. The molecular formula is C39H49N5O4S. The molecule has 1 amide bonds. The Bertz CT molecular complexity index is 1900. The molecule has 2 bridgehead atoms. The van der Waals surface area contributed by atoms with E-state index in [1.807, 2.05) is 4.90 Å². The summed E-state index contributed by atoms with van der Waals surface area (Å²) in [5, 5.41) is 0. The normalized spacial score (nSPS) is 22.6. The molecule has 3 aromatic carbocycles. The maximum absolute atomic E-state index is 13.8. The van der Waals surface area contributed by atoms with Crippen molar-refractivity contribution in [2.75, 3.05) is 26.7 Å². The van der Waals surface area contributed by atoms with Crippen LogP contribution >= 0.6 is 0 Å². The molecular weight excluding hydrogens is 635 g/mol. The molecule has 260 valence electrons. The first kappa shape index (κ1) is 33.8. The predicted molar refractivity (Wildman–Crippen MR) is 193 cm³/mol. The van der Waals surface area contributed by atoms with E-state index in [1.54, 1.807) is 26.0 Å². The molecule has 0 saturated carbocycles. The zero-order chi connectivity index (χ0) is 34.3. The van der Waals surface area contributed by atoms with E-state index in [-0.39, 0.29) is 28.0 Å². The highest BCUT2D eigenvalue weighted by atomic mass is 32.2. The van der Waals surface area contributed by atoms with Crippen molar-refractivity contribution in [1.82, 2.24) is 24.1 Å². The highest BCUT2D eigenvalue weighted by molar-refractivity contribution is 7.89. The maximum Gasteiger partial charge on any atom is 0.253 e. The van der Waals surface area contributed by atoms with Gasteiger partial charge in [-0.15, -0.1) is 0 Å². The molecule has 7 rings (SSSR count). The Kier molecular flexibility index (Phi) is 9.32. The molecule has 49 heavy (non-hydrogen) atoms. The summed E-state index contributed by atoms with van der Waals surface area (Å²) in [6, 6.07) is 25.4. The number of hydrogen-bond acceptors (Lipinski definition) is 6. The van der Waals surface area contributed by atoms with Gasteiger partial charge in [-0.2, -0.15) is 0 Å². The van der Waals surface area contributed by atoms with Crippen molar-refractivity contribution in [2.24, 2.45) is 0 Å². The summed E-state index contributed by atoms with van der Waals surface area (Å²) in [6.45, 7) is 7.97. The van der Waals surface area contributed by atoms with Gasteiger partial charge in [-0.1, -0.05) is 42.5 Å². The molecule has 9 nitrogen and oxygen atoms in total. The van der Waals surface area contributed by atoms with Gasteiger partial charge < -0.3 is 14.2 Å². The van der Waals surface area contributed by atoms with E-state index in [0.717, 1.165) is 50.0 Å². The van der Waals surface area contributed by atoms with E-state index in [2.05, 4.69) is 75.7 Å². The van der Waals surface area contributed by atoms with Crippen LogP contribution in [-0.2, 0) is 15.4 Å². The lowest BCUT2D eigenvalue weighted by molar-refractivity contribution is 0.0606. The molecule has 4 aromatic rings. The van der Waals surface area contributed by atoms with Gasteiger partial charge in [0.05, 0.1) is 18.1 Å². The lowest BCUT2D eigenvalue weighted by Gasteiger charge is -2.45. The molecule has 0 spiro atoms. The lowest BCUT2D eigenvalue weighted by Crippen LogP contribution is -2.49. The van der Waals surface area contributed by atoms with Gasteiger partial charge in [0.2, 0.25) is 10.0 Å². The minimum Gasteiger partial charge on any atom is -0.495 e. The van der Waals surface area contributed by atoms with Crippen molar-refractivity contribution >= 4 is 27.0 Å². The van der Waals surface area contributed by atoms with Crippen LogP contribution in [0.1, 0.15) is 86.6 Å². The van der Waals surface area contributed by atoms with E-state index >= 15 is 0 Å². The number of imidazole rings is 1. The number of fused-ring (bicyclic) bond motifs is 3. The van der Waals surface area contributed by atoms with Crippen LogP contribution in [0.2, 0.25) is 0 Å². The molecule has 3 aliphatic heterocycles. The maximum atomic E-state index is 13.8. The Balaban J connectivity index is 1.06. The number of piperidine rings is 2. The topological polar surface area (TPSA) is 96.8 Å². The van der Waals surface area contributed by atoms with E-state index in [0.29, 0.717) is 36.8 Å². The number of carbonyl (C=O) groups excluding carboxylic acids is 1. The zero-order valence-corrected chi connectivity index (χ0v) is 30.0. The molecule has 0 aliphatic carbocycles. The average molecular weight is 684 g/mol. The van der Waals surface area contributed by atoms with E-state index in [1.165, 1.54) is 37.1 Å². The van der Waals surface area contributed by atoms with E-state index in [4.69, 9.17) is 9.72 Å². The average Bonchev–Trinajstić information content (AvgIpc) is 3.56. The summed E-state index contributed by atoms with van der Waals surface area (Å²) >= 11 is 0. The minimum atomic E-state index is -3.85. The molecule has 1 aromatic heterocycles. The Morgan fingerprint density at radius 3 is 2.31 bits per heavy atom. The number of carbonyl (C=O) groups is 1. The van der Waals surface area contributed by atoms with Gasteiger partial charge in [-0.3, -0.25) is 9.69 Å². The fraction of sp³-hybridized carbons (Fsp3) is 0.487. The van der Waals surface area contributed by atoms with Crippen LogP contribution < -0.4 is 9.46 Å². The number of ether oxygens (including phenoxy) is 1. The summed E-state index contributed by atoms with van der Waals surface area (Å²) in [5.74, 6) is 1.19. The van der Waals surface area contributed by atoms with Gasteiger partial charge in [-0.25, -0.2) is 18.1 Å². The quantitative estimate of drug-likeness (QED) is 0.206. The smallest absolute Gasteiger partial charge is 0.253 e. The van der Waals surface area contributed by atoms with Gasteiger partial charge >= 0.3 is 0 Å². The van der Waals surface area contributed by atoms with Crippen LogP contribution in [0.25, 0.3) is 11.0 Å². The highest BCUT2D eigenvalue weighted by Crippen LogP contribution is 2.45. The predicted octanol–water partition coefficient (Wildman–Crippen LogP) is 6.47. The van der Waals surface area contributed by atoms with Gasteiger partial charge in [-0.05, 0) is 114 Å².